The second kappa shape index (κ2) is 4.85. The Morgan fingerprint density at radius 2 is 2.00 bits per heavy atom. The van der Waals surface area contributed by atoms with Gasteiger partial charge in [0.15, 0.2) is 15.5 Å². The SMILES string of the molecule is Cn1nc(C(=O)N2CCOCC2)c2c1CCS(=O)(=O)C2. The van der Waals surface area contributed by atoms with Crippen LogP contribution >= 0.6 is 0 Å². The van der Waals surface area contributed by atoms with Crippen molar-refractivity contribution in [3.05, 3.63) is 17.0 Å². The largest absolute Gasteiger partial charge is 0.378 e. The molecule has 0 aliphatic carbocycles. The monoisotopic (exact) mass is 299 g/mol. The third-order valence-electron chi connectivity index (χ3n) is 3.79. The fourth-order valence-electron chi connectivity index (χ4n) is 2.70. The van der Waals surface area contributed by atoms with Gasteiger partial charge in [-0.2, -0.15) is 5.10 Å². The molecule has 2 aliphatic heterocycles. The van der Waals surface area contributed by atoms with Gasteiger partial charge in [-0.15, -0.1) is 0 Å². The number of amides is 1. The van der Waals surface area contributed by atoms with Crippen molar-refractivity contribution in [2.75, 3.05) is 32.1 Å². The quantitative estimate of drug-likeness (QED) is 0.689. The van der Waals surface area contributed by atoms with Gasteiger partial charge in [-0.3, -0.25) is 9.48 Å². The number of ether oxygens (including phenoxy) is 1. The van der Waals surface area contributed by atoms with Gasteiger partial charge in [0.25, 0.3) is 5.91 Å². The van der Waals surface area contributed by atoms with Gasteiger partial charge in [-0.05, 0) is 0 Å². The van der Waals surface area contributed by atoms with Crippen LogP contribution in [-0.2, 0) is 33.8 Å². The summed E-state index contributed by atoms with van der Waals surface area (Å²) in [6.07, 6.45) is 0.428. The predicted octanol–water partition coefficient (Wildman–Crippen LogP) is -0.637. The highest BCUT2D eigenvalue weighted by molar-refractivity contribution is 7.90. The van der Waals surface area contributed by atoms with Gasteiger partial charge < -0.3 is 9.64 Å². The smallest absolute Gasteiger partial charge is 0.274 e. The normalized spacial score (nSPS) is 21.6. The molecule has 1 amide bonds. The van der Waals surface area contributed by atoms with Crippen LogP contribution in [0.15, 0.2) is 0 Å². The second-order valence-corrected chi connectivity index (χ2v) is 7.33. The summed E-state index contributed by atoms with van der Waals surface area (Å²) in [5, 5.41) is 4.25. The summed E-state index contributed by atoms with van der Waals surface area (Å²) in [5.41, 5.74) is 1.72. The molecule has 0 radical (unpaired) electrons. The number of nitrogens with zero attached hydrogens (tertiary/aromatic N) is 3. The first-order valence-corrected chi connectivity index (χ1v) is 8.42. The summed E-state index contributed by atoms with van der Waals surface area (Å²) in [7, 11) is -1.36. The van der Waals surface area contributed by atoms with E-state index in [2.05, 4.69) is 5.10 Å². The van der Waals surface area contributed by atoms with E-state index in [1.54, 1.807) is 16.6 Å². The number of aromatic nitrogens is 2. The Morgan fingerprint density at radius 1 is 1.30 bits per heavy atom. The van der Waals surface area contributed by atoms with Crippen LogP contribution in [-0.4, -0.2) is 61.1 Å². The standard InChI is InChI=1S/C12H17N3O4S/c1-14-10-2-7-20(17,18)8-9(10)11(13-14)12(16)15-3-5-19-6-4-15/h2-8H2,1H3. The molecule has 1 fully saturated rings. The molecule has 20 heavy (non-hydrogen) atoms. The van der Waals surface area contributed by atoms with Crippen LogP contribution in [0.3, 0.4) is 0 Å². The summed E-state index contributed by atoms with van der Waals surface area (Å²) in [6, 6.07) is 0. The van der Waals surface area contributed by atoms with Crippen molar-refractivity contribution in [1.82, 2.24) is 14.7 Å². The molecule has 0 saturated carbocycles. The van der Waals surface area contributed by atoms with E-state index < -0.39 is 9.84 Å². The number of carbonyl (C=O) groups excluding carboxylic acids is 1. The zero-order valence-electron chi connectivity index (χ0n) is 11.3. The van der Waals surface area contributed by atoms with E-state index in [1.165, 1.54) is 0 Å². The second-order valence-electron chi connectivity index (χ2n) is 5.14. The lowest BCUT2D eigenvalue weighted by Crippen LogP contribution is -2.41. The van der Waals surface area contributed by atoms with Crippen molar-refractivity contribution >= 4 is 15.7 Å². The van der Waals surface area contributed by atoms with E-state index in [0.29, 0.717) is 38.3 Å². The lowest BCUT2D eigenvalue weighted by atomic mass is 10.1. The molecule has 0 aromatic carbocycles. The van der Waals surface area contributed by atoms with Crippen molar-refractivity contribution in [1.29, 1.82) is 0 Å². The fourth-order valence-corrected chi connectivity index (χ4v) is 4.09. The Hall–Kier alpha value is -1.41. The maximum atomic E-state index is 12.5. The fraction of sp³-hybridized carbons (Fsp3) is 0.667. The molecule has 2 aliphatic rings. The molecule has 0 bridgehead atoms. The minimum Gasteiger partial charge on any atom is -0.378 e. The first-order valence-electron chi connectivity index (χ1n) is 6.60. The molecular formula is C12H17N3O4S. The lowest BCUT2D eigenvalue weighted by Gasteiger charge is -2.26. The molecule has 8 heteroatoms. The number of aryl methyl sites for hydroxylation is 1. The molecule has 1 aromatic heterocycles. The number of fused-ring (bicyclic) bond motifs is 1. The van der Waals surface area contributed by atoms with Gasteiger partial charge in [0.2, 0.25) is 0 Å². The van der Waals surface area contributed by atoms with Crippen molar-refractivity contribution in [3.63, 3.8) is 0 Å². The Labute approximate surface area is 117 Å². The molecular weight excluding hydrogens is 282 g/mol. The van der Waals surface area contributed by atoms with Crippen LogP contribution in [0, 0.1) is 0 Å². The highest BCUT2D eigenvalue weighted by Crippen LogP contribution is 2.24. The van der Waals surface area contributed by atoms with E-state index in [-0.39, 0.29) is 23.1 Å². The summed E-state index contributed by atoms with van der Waals surface area (Å²) >= 11 is 0. The van der Waals surface area contributed by atoms with Crippen LogP contribution in [0.2, 0.25) is 0 Å². The highest BCUT2D eigenvalue weighted by atomic mass is 32.2. The number of morpholine rings is 1. The molecule has 7 nitrogen and oxygen atoms in total. The molecule has 3 rings (SSSR count). The number of carbonyl (C=O) groups is 1. The van der Waals surface area contributed by atoms with E-state index in [0.717, 1.165) is 5.69 Å². The summed E-state index contributed by atoms with van der Waals surface area (Å²) in [5.74, 6) is -0.144. The molecule has 0 N–H and O–H groups in total. The molecule has 3 heterocycles. The van der Waals surface area contributed by atoms with Crippen molar-refractivity contribution in [2.24, 2.45) is 7.05 Å². The van der Waals surface area contributed by atoms with Gasteiger partial charge in [-0.1, -0.05) is 0 Å². The van der Waals surface area contributed by atoms with Crippen LogP contribution in [0.25, 0.3) is 0 Å². The predicted molar refractivity (Wildman–Crippen MR) is 71.1 cm³/mol. The van der Waals surface area contributed by atoms with Crippen molar-refractivity contribution in [3.8, 4) is 0 Å². The molecule has 1 aromatic rings. The summed E-state index contributed by atoms with van der Waals surface area (Å²) in [4.78, 5) is 14.2. The molecule has 0 atom stereocenters. The molecule has 0 unspecified atom stereocenters. The van der Waals surface area contributed by atoms with Gasteiger partial charge in [-0.25, -0.2) is 8.42 Å². The van der Waals surface area contributed by atoms with Crippen molar-refractivity contribution in [2.45, 2.75) is 12.2 Å². The van der Waals surface area contributed by atoms with Gasteiger partial charge in [0.1, 0.15) is 0 Å². The van der Waals surface area contributed by atoms with E-state index in [9.17, 15) is 13.2 Å². The third-order valence-corrected chi connectivity index (χ3v) is 5.34. The van der Waals surface area contributed by atoms with E-state index >= 15 is 0 Å². The number of hydrogen-bond acceptors (Lipinski definition) is 5. The molecule has 110 valence electrons. The Kier molecular flexibility index (Phi) is 3.29. The maximum absolute atomic E-state index is 12.5. The summed E-state index contributed by atoms with van der Waals surface area (Å²) < 4.78 is 30.4. The highest BCUT2D eigenvalue weighted by Gasteiger charge is 2.32. The van der Waals surface area contributed by atoms with Crippen LogP contribution in [0.5, 0.6) is 0 Å². The minimum atomic E-state index is -3.12. The van der Waals surface area contributed by atoms with Gasteiger partial charge in [0, 0.05) is 37.8 Å². The van der Waals surface area contributed by atoms with E-state index in [4.69, 9.17) is 4.74 Å². The maximum Gasteiger partial charge on any atom is 0.274 e. The zero-order valence-corrected chi connectivity index (χ0v) is 12.1. The first kappa shape index (κ1) is 13.6. The first-order chi connectivity index (χ1) is 9.48. The summed E-state index contributed by atoms with van der Waals surface area (Å²) in [6.45, 7) is 2.08. The minimum absolute atomic E-state index is 0.0818. The average molecular weight is 299 g/mol. The topological polar surface area (TPSA) is 81.5 Å². The molecule has 0 spiro atoms. The van der Waals surface area contributed by atoms with Gasteiger partial charge >= 0.3 is 0 Å². The number of sulfone groups is 1. The number of hydrogen-bond donors (Lipinski definition) is 0. The third kappa shape index (κ3) is 2.33. The van der Waals surface area contributed by atoms with Crippen LogP contribution < -0.4 is 0 Å². The van der Waals surface area contributed by atoms with E-state index in [1.807, 2.05) is 0 Å². The van der Waals surface area contributed by atoms with Gasteiger partial charge in [0.05, 0.1) is 24.7 Å². The zero-order chi connectivity index (χ0) is 14.3. The Bertz CT molecular complexity index is 644. The number of rotatable bonds is 1. The van der Waals surface area contributed by atoms with Crippen molar-refractivity contribution < 1.29 is 17.9 Å². The Balaban J connectivity index is 1.96. The van der Waals surface area contributed by atoms with Crippen LogP contribution in [0.4, 0.5) is 0 Å². The average Bonchev–Trinajstić information content (AvgIpc) is 2.74. The molecule has 1 saturated heterocycles. The lowest BCUT2D eigenvalue weighted by molar-refractivity contribution is 0.0298. The Morgan fingerprint density at radius 3 is 2.70 bits per heavy atom. The van der Waals surface area contributed by atoms with Crippen LogP contribution in [0.1, 0.15) is 21.7 Å².